The van der Waals surface area contributed by atoms with E-state index < -0.39 is 23.7 Å². The van der Waals surface area contributed by atoms with E-state index in [9.17, 15) is 19.8 Å². The summed E-state index contributed by atoms with van der Waals surface area (Å²) in [7, 11) is 0. The Kier molecular flexibility index (Phi) is 6.32. The van der Waals surface area contributed by atoms with Crippen LogP contribution in [0.25, 0.3) is 0 Å². The van der Waals surface area contributed by atoms with Gasteiger partial charge in [-0.3, -0.25) is 9.59 Å². The van der Waals surface area contributed by atoms with Gasteiger partial charge in [0.1, 0.15) is 12.2 Å². The first-order valence-corrected chi connectivity index (χ1v) is 12.6. The van der Waals surface area contributed by atoms with Crippen molar-refractivity contribution in [3.05, 3.63) is 23.8 Å². The monoisotopic (exact) mass is 444 g/mol. The molecule has 0 aromatic heterocycles. The number of Topliss-reactive ketones (excluding diaryl/α,β-unsaturated/α-hetero) is 1. The lowest BCUT2D eigenvalue weighted by atomic mass is 9.44. The first kappa shape index (κ1) is 23.8. The SMILES string of the molecule is CCCCCO[C@]1(C(=O)CO)CC[C@H]2[C@@H]3CC(C)C4=CC(=O)C=C[C@]4(C)[C@H]3C(O)C[C@@]21C. The molecule has 4 aliphatic rings. The molecule has 8 atom stereocenters. The van der Waals surface area contributed by atoms with Crippen molar-refractivity contribution in [1.82, 2.24) is 0 Å². The van der Waals surface area contributed by atoms with E-state index in [0.29, 0.717) is 19.4 Å². The predicted octanol–water partition coefficient (Wildman–Crippen LogP) is 4.02. The highest BCUT2D eigenvalue weighted by atomic mass is 16.5. The minimum atomic E-state index is -1.02. The number of carbonyl (C=O) groups excluding carboxylic acids is 2. The Morgan fingerprint density at radius 1 is 1.28 bits per heavy atom. The first-order chi connectivity index (χ1) is 15.1. The van der Waals surface area contributed by atoms with Crippen LogP contribution >= 0.6 is 0 Å². The van der Waals surface area contributed by atoms with E-state index >= 15 is 0 Å². The van der Waals surface area contributed by atoms with Crippen molar-refractivity contribution < 1.29 is 24.5 Å². The smallest absolute Gasteiger partial charge is 0.190 e. The van der Waals surface area contributed by atoms with Crippen LogP contribution in [-0.4, -0.2) is 46.7 Å². The maximum absolute atomic E-state index is 13.2. The van der Waals surface area contributed by atoms with E-state index in [1.165, 1.54) is 0 Å². The summed E-state index contributed by atoms with van der Waals surface area (Å²) in [6.07, 6.45) is 10.8. The maximum Gasteiger partial charge on any atom is 0.190 e. The van der Waals surface area contributed by atoms with Crippen LogP contribution in [0.1, 0.15) is 72.6 Å². The first-order valence-electron chi connectivity index (χ1n) is 12.6. The largest absolute Gasteiger partial charge is 0.393 e. The van der Waals surface area contributed by atoms with E-state index in [1.54, 1.807) is 12.2 Å². The summed E-state index contributed by atoms with van der Waals surface area (Å²) in [5.41, 5.74) is -0.735. The molecule has 2 unspecified atom stereocenters. The molecule has 0 saturated heterocycles. The number of fused-ring (bicyclic) bond motifs is 5. The third-order valence-electron chi connectivity index (χ3n) is 9.63. The van der Waals surface area contributed by atoms with Gasteiger partial charge in [0.25, 0.3) is 0 Å². The number of rotatable bonds is 7. The van der Waals surface area contributed by atoms with Crippen molar-refractivity contribution in [2.24, 2.45) is 34.5 Å². The predicted molar refractivity (Wildman–Crippen MR) is 123 cm³/mol. The number of aliphatic hydroxyl groups excluding tert-OH is 2. The molecule has 5 nitrogen and oxygen atoms in total. The third-order valence-corrected chi connectivity index (χ3v) is 9.63. The van der Waals surface area contributed by atoms with Crippen molar-refractivity contribution in [3.63, 3.8) is 0 Å². The number of hydrogen-bond acceptors (Lipinski definition) is 5. The number of ether oxygens (including phenoxy) is 1. The van der Waals surface area contributed by atoms with Crippen molar-refractivity contribution in [2.45, 2.75) is 84.3 Å². The number of aliphatic hydroxyl groups is 2. The average Bonchev–Trinajstić information content (AvgIpc) is 3.04. The molecule has 4 rings (SSSR count). The molecule has 2 N–H and O–H groups in total. The minimum absolute atomic E-state index is 0.0208. The fourth-order valence-corrected chi connectivity index (χ4v) is 8.24. The van der Waals surface area contributed by atoms with Crippen molar-refractivity contribution >= 4 is 11.6 Å². The Labute approximate surface area is 192 Å². The highest BCUT2D eigenvalue weighted by Gasteiger charge is 2.69. The van der Waals surface area contributed by atoms with Gasteiger partial charge < -0.3 is 14.9 Å². The van der Waals surface area contributed by atoms with Gasteiger partial charge in [-0.05, 0) is 62.0 Å². The summed E-state index contributed by atoms with van der Waals surface area (Å²) < 4.78 is 6.43. The van der Waals surface area contributed by atoms with Gasteiger partial charge in [-0.1, -0.05) is 52.2 Å². The second-order valence-corrected chi connectivity index (χ2v) is 11.2. The number of carbonyl (C=O) groups is 2. The van der Waals surface area contributed by atoms with Crippen LogP contribution in [-0.2, 0) is 14.3 Å². The lowest BCUT2D eigenvalue weighted by Gasteiger charge is -2.61. The van der Waals surface area contributed by atoms with E-state index in [0.717, 1.165) is 37.7 Å². The molecular weight excluding hydrogens is 404 g/mol. The van der Waals surface area contributed by atoms with Gasteiger partial charge in [0.05, 0.1) is 6.10 Å². The molecule has 5 heteroatoms. The number of hydrogen-bond donors (Lipinski definition) is 2. The molecule has 0 radical (unpaired) electrons. The Balaban J connectivity index is 1.71. The fraction of sp³-hybridized carbons (Fsp3) is 0.778. The standard InChI is InChI=1S/C27H40O5/c1-5-6-7-12-32-27(23(31)16-28)11-9-20-19-13-17(2)21-14-18(29)8-10-25(21,3)24(19)22(30)15-26(20,27)4/h8,10,14,17,19-20,22,24,28,30H,5-7,9,11-13,15-16H2,1-4H3/t17?,19-,20-,22?,24+,25-,26-,27-/m0/s1. The van der Waals surface area contributed by atoms with Gasteiger partial charge >= 0.3 is 0 Å². The van der Waals surface area contributed by atoms with Crippen LogP contribution in [0.2, 0.25) is 0 Å². The normalized spacial score (nSPS) is 45.1. The van der Waals surface area contributed by atoms with Crippen LogP contribution in [0, 0.1) is 34.5 Å². The second-order valence-electron chi connectivity index (χ2n) is 11.2. The maximum atomic E-state index is 13.2. The second kappa shape index (κ2) is 8.48. The number of ketones is 2. The quantitative estimate of drug-likeness (QED) is 0.580. The summed E-state index contributed by atoms with van der Waals surface area (Å²) in [5, 5.41) is 21.5. The summed E-state index contributed by atoms with van der Waals surface area (Å²) in [6, 6.07) is 0. The van der Waals surface area contributed by atoms with Gasteiger partial charge in [0, 0.05) is 23.4 Å². The number of unbranched alkanes of at least 4 members (excludes halogenated alkanes) is 2. The molecular formula is C27H40O5. The van der Waals surface area contributed by atoms with E-state index in [4.69, 9.17) is 4.74 Å². The Bertz CT molecular complexity index is 830. The molecule has 32 heavy (non-hydrogen) atoms. The molecule has 0 bridgehead atoms. The zero-order chi connectivity index (χ0) is 23.3. The third kappa shape index (κ3) is 3.30. The van der Waals surface area contributed by atoms with Gasteiger partial charge in [0.2, 0.25) is 0 Å². The van der Waals surface area contributed by atoms with Crippen LogP contribution in [0.4, 0.5) is 0 Å². The van der Waals surface area contributed by atoms with Crippen LogP contribution < -0.4 is 0 Å². The molecule has 3 fully saturated rings. The number of allylic oxidation sites excluding steroid dienone is 4. The molecule has 0 spiro atoms. The Morgan fingerprint density at radius 3 is 2.72 bits per heavy atom. The molecule has 0 heterocycles. The van der Waals surface area contributed by atoms with Gasteiger partial charge in [-0.25, -0.2) is 0 Å². The summed E-state index contributed by atoms with van der Waals surface area (Å²) in [4.78, 5) is 25.3. The van der Waals surface area contributed by atoms with Gasteiger partial charge in [0.15, 0.2) is 11.6 Å². The van der Waals surface area contributed by atoms with E-state index in [1.807, 2.05) is 6.08 Å². The van der Waals surface area contributed by atoms with Crippen LogP contribution in [0.15, 0.2) is 23.8 Å². The van der Waals surface area contributed by atoms with Crippen molar-refractivity contribution in [2.75, 3.05) is 13.2 Å². The average molecular weight is 445 g/mol. The highest BCUT2D eigenvalue weighted by molar-refractivity contribution is 6.01. The molecule has 0 aromatic rings. The van der Waals surface area contributed by atoms with Gasteiger partial charge in [-0.15, -0.1) is 0 Å². The molecule has 0 amide bonds. The fourth-order valence-electron chi connectivity index (χ4n) is 8.24. The molecule has 178 valence electrons. The lowest BCUT2D eigenvalue weighted by molar-refractivity contribution is -0.195. The van der Waals surface area contributed by atoms with E-state index in [-0.39, 0.29) is 40.7 Å². The Morgan fingerprint density at radius 2 is 2.03 bits per heavy atom. The zero-order valence-corrected chi connectivity index (χ0v) is 20.1. The lowest BCUT2D eigenvalue weighted by Crippen LogP contribution is -2.63. The summed E-state index contributed by atoms with van der Waals surface area (Å²) in [6.45, 7) is 8.61. The van der Waals surface area contributed by atoms with Crippen LogP contribution in [0.3, 0.4) is 0 Å². The highest BCUT2D eigenvalue weighted by Crippen LogP contribution is 2.68. The molecule has 0 aromatic carbocycles. The summed E-state index contributed by atoms with van der Waals surface area (Å²) >= 11 is 0. The van der Waals surface area contributed by atoms with Crippen molar-refractivity contribution in [3.8, 4) is 0 Å². The zero-order valence-electron chi connectivity index (χ0n) is 20.1. The van der Waals surface area contributed by atoms with Gasteiger partial charge in [-0.2, -0.15) is 0 Å². The summed E-state index contributed by atoms with van der Waals surface area (Å²) in [5.74, 6) is 0.553. The molecule has 4 aliphatic carbocycles. The van der Waals surface area contributed by atoms with Crippen molar-refractivity contribution in [1.29, 1.82) is 0 Å². The minimum Gasteiger partial charge on any atom is -0.393 e. The van der Waals surface area contributed by atoms with Crippen LogP contribution in [0.5, 0.6) is 0 Å². The molecule has 3 saturated carbocycles. The topological polar surface area (TPSA) is 83.8 Å². The van der Waals surface area contributed by atoms with E-state index in [2.05, 4.69) is 27.7 Å². The molecule has 0 aliphatic heterocycles. The Hall–Kier alpha value is -1.30.